The fourth-order valence-corrected chi connectivity index (χ4v) is 2.40. The van der Waals surface area contributed by atoms with Gasteiger partial charge < -0.3 is 16.2 Å². The first kappa shape index (κ1) is 15.1. The van der Waals surface area contributed by atoms with Crippen LogP contribution in [0.1, 0.15) is 12.8 Å². The number of carboxylic acids is 1. The number of anilines is 1. The van der Waals surface area contributed by atoms with E-state index in [9.17, 15) is 9.59 Å². The first-order chi connectivity index (χ1) is 10.1. The highest BCUT2D eigenvalue weighted by Gasteiger charge is 2.14. The summed E-state index contributed by atoms with van der Waals surface area (Å²) in [6.45, 7) is 0. The van der Waals surface area contributed by atoms with Crippen LogP contribution in [0.3, 0.4) is 0 Å². The average molecular weight is 305 g/mol. The van der Waals surface area contributed by atoms with E-state index in [0.717, 1.165) is 11.3 Å². The zero-order valence-electron chi connectivity index (χ0n) is 11.2. The number of carboxylic acid groups (broad SMARTS) is 1. The van der Waals surface area contributed by atoms with Crippen LogP contribution in [-0.2, 0) is 9.59 Å². The lowest BCUT2D eigenvalue weighted by molar-refractivity contribution is -0.138. The van der Waals surface area contributed by atoms with E-state index in [1.807, 2.05) is 35.7 Å². The van der Waals surface area contributed by atoms with Gasteiger partial charge in [-0.15, -0.1) is 11.3 Å². The van der Waals surface area contributed by atoms with Crippen LogP contribution in [0.25, 0.3) is 11.3 Å². The molecule has 0 saturated heterocycles. The van der Waals surface area contributed by atoms with E-state index in [-0.39, 0.29) is 18.7 Å². The second-order valence-corrected chi connectivity index (χ2v) is 5.29. The summed E-state index contributed by atoms with van der Waals surface area (Å²) in [4.78, 5) is 26.6. The third kappa shape index (κ3) is 4.37. The Kier molecular flexibility index (Phi) is 5.02. The molecular weight excluding hydrogens is 290 g/mol. The lowest BCUT2D eigenvalue weighted by Gasteiger charge is -2.05. The second-order valence-electron chi connectivity index (χ2n) is 4.44. The van der Waals surface area contributed by atoms with Gasteiger partial charge in [-0.05, 0) is 6.42 Å². The maximum Gasteiger partial charge on any atom is 0.320 e. The molecule has 21 heavy (non-hydrogen) atoms. The van der Waals surface area contributed by atoms with Gasteiger partial charge in [0.1, 0.15) is 6.04 Å². The SMILES string of the molecule is N[C@@H](CCC(=O)Nc1nc(-c2ccccc2)cs1)C(=O)O. The fourth-order valence-electron chi connectivity index (χ4n) is 1.66. The van der Waals surface area contributed by atoms with Crippen molar-refractivity contribution in [2.24, 2.45) is 5.73 Å². The van der Waals surface area contributed by atoms with Crippen molar-refractivity contribution in [2.75, 3.05) is 5.32 Å². The highest BCUT2D eigenvalue weighted by molar-refractivity contribution is 7.14. The fraction of sp³-hybridized carbons (Fsp3) is 0.214. The summed E-state index contributed by atoms with van der Waals surface area (Å²) < 4.78 is 0. The van der Waals surface area contributed by atoms with Gasteiger partial charge >= 0.3 is 5.97 Å². The minimum absolute atomic E-state index is 0.0493. The zero-order chi connectivity index (χ0) is 15.2. The van der Waals surface area contributed by atoms with Gasteiger partial charge in [-0.3, -0.25) is 9.59 Å². The van der Waals surface area contributed by atoms with Gasteiger partial charge in [0.05, 0.1) is 5.69 Å². The van der Waals surface area contributed by atoms with Crippen molar-refractivity contribution in [3.05, 3.63) is 35.7 Å². The zero-order valence-corrected chi connectivity index (χ0v) is 12.0. The topological polar surface area (TPSA) is 105 Å². The van der Waals surface area contributed by atoms with Crippen LogP contribution in [0, 0.1) is 0 Å². The molecule has 0 fully saturated rings. The van der Waals surface area contributed by atoms with E-state index < -0.39 is 12.0 Å². The molecule has 0 aliphatic carbocycles. The summed E-state index contributed by atoms with van der Waals surface area (Å²) in [5.74, 6) is -1.40. The summed E-state index contributed by atoms with van der Waals surface area (Å²) in [5, 5.41) is 13.6. The number of carbonyl (C=O) groups excluding carboxylic acids is 1. The van der Waals surface area contributed by atoms with Crippen molar-refractivity contribution in [1.29, 1.82) is 0 Å². The van der Waals surface area contributed by atoms with Gasteiger partial charge in [-0.1, -0.05) is 30.3 Å². The molecule has 1 atom stereocenters. The molecule has 0 aliphatic heterocycles. The van der Waals surface area contributed by atoms with Crippen LogP contribution in [0.2, 0.25) is 0 Å². The summed E-state index contributed by atoms with van der Waals surface area (Å²) >= 11 is 1.32. The Morgan fingerprint density at radius 3 is 2.71 bits per heavy atom. The number of amides is 1. The molecule has 0 unspecified atom stereocenters. The summed E-state index contributed by atoms with van der Waals surface area (Å²) in [5.41, 5.74) is 7.11. The molecule has 0 bridgehead atoms. The number of hydrogen-bond acceptors (Lipinski definition) is 5. The van der Waals surface area contributed by atoms with Crippen LogP contribution in [0.15, 0.2) is 35.7 Å². The molecule has 4 N–H and O–H groups in total. The van der Waals surface area contributed by atoms with Crippen LogP contribution < -0.4 is 11.1 Å². The van der Waals surface area contributed by atoms with Crippen LogP contribution >= 0.6 is 11.3 Å². The molecule has 1 aromatic carbocycles. The molecule has 1 amide bonds. The van der Waals surface area contributed by atoms with Crippen molar-refractivity contribution < 1.29 is 14.7 Å². The van der Waals surface area contributed by atoms with Crippen LogP contribution in [0.4, 0.5) is 5.13 Å². The largest absolute Gasteiger partial charge is 0.480 e. The quantitative estimate of drug-likeness (QED) is 0.756. The number of nitrogens with zero attached hydrogens (tertiary/aromatic N) is 1. The maximum absolute atomic E-state index is 11.7. The third-order valence-electron chi connectivity index (χ3n) is 2.82. The Hall–Kier alpha value is -2.25. The lowest BCUT2D eigenvalue weighted by Crippen LogP contribution is -2.31. The number of thiazole rings is 1. The predicted octanol–water partition coefficient (Wildman–Crippen LogP) is 1.94. The van der Waals surface area contributed by atoms with Crippen LogP contribution in [0.5, 0.6) is 0 Å². The van der Waals surface area contributed by atoms with E-state index in [2.05, 4.69) is 10.3 Å². The van der Waals surface area contributed by atoms with Gasteiger partial charge in [0.25, 0.3) is 0 Å². The first-order valence-electron chi connectivity index (χ1n) is 6.35. The molecule has 1 heterocycles. The minimum Gasteiger partial charge on any atom is -0.480 e. The van der Waals surface area contributed by atoms with E-state index in [1.54, 1.807) is 0 Å². The molecular formula is C14H15N3O3S. The predicted molar refractivity (Wildman–Crippen MR) is 81.0 cm³/mol. The number of aromatic nitrogens is 1. The minimum atomic E-state index is -1.11. The molecule has 110 valence electrons. The van der Waals surface area contributed by atoms with Crippen molar-refractivity contribution in [3.8, 4) is 11.3 Å². The summed E-state index contributed by atoms with van der Waals surface area (Å²) in [7, 11) is 0. The first-order valence-corrected chi connectivity index (χ1v) is 7.23. The molecule has 2 rings (SSSR count). The summed E-state index contributed by atoms with van der Waals surface area (Å²) in [6, 6.07) is 8.61. The number of hydrogen-bond donors (Lipinski definition) is 3. The van der Waals surface area contributed by atoms with Crippen molar-refractivity contribution in [1.82, 2.24) is 4.98 Å². The normalized spacial score (nSPS) is 11.9. The monoisotopic (exact) mass is 305 g/mol. The molecule has 0 aliphatic rings. The van der Waals surface area contributed by atoms with Gasteiger partial charge in [0.2, 0.25) is 5.91 Å². The summed E-state index contributed by atoms with van der Waals surface area (Å²) in [6.07, 6.45) is 0.145. The van der Waals surface area contributed by atoms with Gasteiger partial charge in [0.15, 0.2) is 5.13 Å². The van der Waals surface area contributed by atoms with E-state index >= 15 is 0 Å². The number of nitrogens with one attached hydrogen (secondary N) is 1. The lowest BCUT2D eigenvalue weighted by atomic mass is 10.1. The van der Waals surface area contributed by atoms with Crippen molar-refractivity contribution >= 4 is 28.3 Å². The molecule has 1 aromatic heterocycles. The molecule has 6 nitrogen and oxygen atoms in total. The third-order valence-corrected chi connectivity index (χ3v) is 3.58. The van der Waals surface area contributed by atoms with Crippen molar-refractivity contribution in [2.45, 2.75) is 18.9 Å². The Morgan fingerprint density at radius 2 is 2.05 bits per heavy atom. The number of benzene rings is 1. The average Bonchev–Trinajstić information content (AvgIpc) is 2.94. The highest BCUT2D eigenvalue weighted by atomic mass is 32.1. The van der Waals surface area contributed by atoms with Crippen molar-refractivity contribution in [3.63, 3.8) is 0 Å². The Balaban J connectivity index is 1.91. The van der Waals surface area contributed by atoms with E-state index in [4.69, 9.17) is 10.8 Å². The van der Waals surface area contributed by atoms with Gasteiger partial charge in [-0.25, -0.2) is 4.98 Å². The molecule has 2 aromatic rings. The molecule has 0 saturated carbocycles. The number of nitrogens with two attached hydrogens (primary N) is 1. The van der Waals surface area contributed by atoms with Crippen LogP contribution in [-0.4, -0.2) is 28.0 Å². The smallest absolute Gasteiger partial charge is 0.320 e. The Morgan fingerprint density at radius 1 is 1.33 bits per heavy atom. The molecule has 7 heteroatoms. The highest BCUT2D eigenvalue weighted by Crippen LogP contribution is 2.24. The van der Waals surface area contributed by atoms with E-state index in [0.29, 0.717) is 5.13 Å². The maximum atomic E-state index is 11.7. The second kappa shape index (κ2) is 6.96. The van der Waals surface area contributed by atoms with Gasteiger partial charge in [0, 0.05) is 17.4 Å². The number of rotatable bonds is 6. The molecule has 0 spiro atoms. The van der Waals surface area contributed by atoms with E-state index in [1.165, 1.54) is 11.3 Å². The van der Waals surface area contributed by atoms with Gasteiger partial charge in [-0.2, -0.15) is 0 Å². The molecule has 0 radical (unpaired) electrons. The Labute approximate surface area is 125 Å². The standard InChI is InChI=1S/C14H15N3O3S/c15-10(13(19)20)6-7-12(18)17-14-16-11(8-21-14)9-4-2-1-3-5-9/h1-5,8,10H,6-7,15H2,(H,19,20)(H,16,17,18)/t10-/m0/s1. The Bertz CT molecular complexity index is 627. The number of carbonyl (C=O) groups is 2. The number of aliphatic carboxylic acids is 1.